The number of carbonyl (C=O) groups is 5. The van der Waals surface area contributed by atoms with Gasteiger partial charge in [0.25, 0.3) is 11.8 Å². The Morgan fingerprint density at radius 2 is 0.844 bits per heavy atom. The van der Waals surface area contributed by atoms with Crippen molar-refractivity contribution >= 4 is 29.4 Å². The van der Waals surface area contributed by atoms with E-state index in [2.05, 4.69) is 51.4 Å². The summed E-state index contributed by atoms with van der Waals surface area (Å²) in [7, 11) is 5.69. The van der Waals surface area contributed by atoms with Gasteiger partial charge in [-0.1, -0.05) is 77.9 Å². The van der Waals surface area contributed by atoms with Crippen molar-refractivity contribution in [1.29, 1.82) is 0 Å². The van der Waals surface area contributed by atoms with Crippen LogP contribution in [0, 0.1) is 0 Å². The van der Waals surface area contributed by atoms with E-state index in [4.69, 9.17) is 18.0 Å². The summed E-state index contributed by atoms with van der Waals surface area (Å²) in [5.41, 5.74) is -2.83. The molecule has 24 nitrogen and oxygen atoms in total. The molecule has 8 heterocycles. The number of ketones is 2. The molecule has 3 aliphatic rings. The molecule has 520 valence electrons. The molecule has 2 amide bonds. The summed E-state index contributed by atoms with van der Waals surface area (Å²) in [6.07, 6.45) is -2.02. The van der Waals surface area contributed by atoms with E-state index in [1.807, 2.05) is 84.3 Å². The molecule has 0 radical (unpaired) electrons. The van der Waals surface area contributed by atoms with Crippen LogP contribution in [0.25, 0.3) is 11.4 Å². The Morgan fingerprint density at radius 1 is 0.510 bits per heavy atom. The van der Waals surface area contributed by atoms with Gasteiger partial charge in [0.05, 0.1) is 58.9 Å². The molecule has 6 atom stereocenters. The van der Waals surface area contributed by atoms with Gasteiger partial charge in [0.15, 0.2) is 11.4 Å². The minimum absolute atomic E-state index is 0.0291. The van der Waals surface area contributed by atoms with Gasteiger partial charge in [-0.15, -0.1) is 30.6 Å². The lowest BCUT2D eigenvalue weighted by atomic mass is 9.90. The third-order valence-electron chi connectivity index (χ3n) is 17.0. The van der Waals surface area contributed by atoms with Crippen molar-refractivity contribution in [2.45, 2.75) is 179 Å². The first-order valence-corrected chi connectivity index (χ1v) is 32.4. The number of benzene rings is 2. The number of aromatic nitrogens is 10. The molecular formula is C66H85F6N15O9. The summed E-state index contributed by atoms with van der Waals surface area (Å²) in [5, 5.41) is 36.9. The largest absolute Gasteiger partial charge is 0.465 e. The van der Waals surface area contributed by atoms with Crippen LogP contribution in [-0.4, -0.2) is 173 Å². The van der Waals surface area contributed by atoms with Crippen LogP contribution in [0.5, 0.6) is 0 Å². The number of amides is 2. The fraction of sp³-hybridized carbons (Fsp3) is 0.561. The second-order valence-corrected chi connectivity index (χ2v) is 25.3. The van der Waals surface area contributed by atoms with E-state index in [1.54, 1.807) is 60.7 Å². The number of hydrogen-bond donors (Lipinski definition) is 2. The number of likely N-dealkylation sites (tertiary alicyclic amines) is 3. The van der Waals surface area contributed by atoms with Crippen molar-refractivity contribution in [2.24, 2.45) is 0 Å². The van der Waals surface area contributed by atoms with E-state index in [0.717, 1.165) is 54.0 Å². The number of halogens is 6. The van der Waals surface area contributed by atoms with Gasteiger partial charge in [0, 0.05) is 75.7 Å². The third kappa shape index (κ3) is 19.2. The summed E-state index contributed by atoms with van der Waals surface area (Å²) in [4.78, 5) is 68.7. The van der Waals surface area contributed by atoms with E-state index in [9.17, 15) is 50.3 Å². The highest BCUT2D eigenvalue weighted by Gasteiger charge is 2.42. The molecule has 0 unspecified atom stereocenters. The quantitative estimate of drug-likeness (QED) is 0.0362. The highest BCUT2D eigenvalue weighted by Crippen LogP contribution is 2.36. The van der Waals surface area contributed by atoms with E-state index in [1.165, 1.54) is 0 Å². The monoisotopic (exact) mass is 1350 g/mol. The predicted octanol–water partition coefficient (Wildman–Crippen LogP) is 10.6. The number of Topliss-reactive ketones (excluding diaryl/α,β-unsaturated/α-hetero) is 2. The Morgan fingerprint density at radius 3 is 1.14 bits per heavy atom. The molecular weight excluding hydrogens is 1260 g/mol. The first-order chi connectivity index (χ1) is 45.6. The molecule has 3 aliphatic heterocycles. The van der Waals surface area contributed by atoms with Gasteiger partial charge < -0.3 is 28.6 Å². The smallest absolute Gasteiger partial charge is 0.435 e. The number of piperidine rings is 3. The topological polar surface area (TPSA) is 281 Å². The Balaban J connectivity index is 0.000000193. The normalized spacial score (nSPS) is 19.7. The average molecular weight is 1350 g/mol. The molecule has 96 heavy (non-hydrogen) atoms. The van der Waals surface area contributed by atoms with Gasteiger partial charge >= 0.3 is 18.3 Å². The fourth-order valence-electron chi connectivity index (χ4n) is 11.7. The number of esters is 1. The second kappa shape index (κ2) is 33.0. The Kier molecular flexibility index (Phi) is 25.2. The molecule has 3 saturated heterocycles. The van der Waals surface area contributed by atoms with Crippen molar-refractivity contribution in [1.82, 2.24) is 75.5 Å². The van der Waals surface area contributed by atoms with E-state index in [-0.39, 0.29) is 97.1 Å². The zero-order valence-corrected chi connectivity index (χ0v) is 55.7. The Labute approximate surface area is 552 Å². The summed E-state index contributed by atoms with van der Waals surface area (Å²) in [6, 6.07) is 15.8. The number of ether oxygens (including phenoxy) is 1. The fourth-order valence-corrected chi connectivity index (χ4v) is 11.7. The van der Waals surface area contributed by atoms with Crippen molar-refractivity contribution < 1.29 is 68.3 Å². The van der Waals surface area contributed by atoms with Crippen LogP contribution >= 0.6 is 0 Å². The average Bonchev–Trinajstić information content (AvgIpc) is 1.64. The maximum atomic E-state index is 13.5. The lowest BCUT2D eigenvalue weighted by Crippen LogP contribution is -2.45. The van der Waals surface area contributed by atoms with E-state index < -0.39 is 46.7 Å². The van der Waals surface area contributed by atoms with Crippen LogP contribution in [0.3, 0.4) is 0 Å². The second-order valence-electron chi connectivity index (χ2n) is 25.3. The zero-order valence-electron chi connectivity index (χ0n) is 55.7. The molecule has 0 bridgehead atoms. The molecule has 2 aromatic carbocycles. The molecule has 3 fully saturated rings. The first-order valence-electron chi connectivity index (χ1n) is 32.4. The number of likely N-dealkylation sites (N-methyl/N-ethyl adjacent to an activating group) is 3. The summed E-state index contributed by atoms with van der Waals surface area (Å²) in [5.74, 6) is 2.72. The molecule has 30 heteroatoms. The van der Waals surface area contributed by atoms with Gasteiger partial charge in [-0.3, -0.25) is 38.7 Å². The number of alkyl halides is 6. The van der Waals surface area contributed by atoms with E-state index in [0.29, 0.717) is 92.1 Å². The molecule has 0 saturated carbocycles. The van der Waals surface area contributed by atoms with Gasteiger partial charge in [-0.2, -0.15) is 36.5 Å². The Bertz CT molecular complexity index is 3480. The number of rotatable bonds is 22. The van der Waals surface area contributed by atoms with E-state index >= 15 is 0 Å². The molecule has 7 aromatic rings. The number of nitrogens with zero attached hydrogens (tertiary/aromatic N) is 13. The van der Waals surface area contributed by atoms with Crippen molar-refractivity contribution in [3.8, 4) is 11.4 Å². The standard InChI is InChI=1S/2C26H31F3N6O3.C14H23N3O3/c2*1-16(2)24-31-32-25(38-24)17-11-12-20(34(3)14-17)21(36)10-7-13-30-23(37)19-15-35(18-8-5-4-6-9-18)33-22(19)26(27,28)29;1-5-19-14(18)11-7-6-10(8-17(11)4)13-16-15-12(20-13)9(2)3/h2*4-6,8-9,15-17,20H,7,10-14H2,1-3H3,(H,30,37);9-11H,5-8H2,1-4H3/t17-,20+;17-,20-;10-,11+/m000/s1. The molecule has 2 N–H and O–H groups in total. The molecule has 10 rings (SSSR count). The summed E-state index contributed by atoms with van der Waals surface area (Å²) >= 11 is 0. The number of para-hydroxylation sites is 2. The summed E-state index contributed by atoms with van der Waals surface area (Å²) in [6.45, 7) is 16.3. The van der Waals surface area contributed by atoms with Crippen LogP contribution in [0.4, 0.5) is 26.3 Å². The van der Waals surface area contributed by atoms with Gasteiger partial charge in [-0.25, -0.2) is 9.36 Å². The highest BCUT2D eigenvalue weighted by atomic mass is 19.4. The Hall–Kier alpha value is -8.51. The van der Waals surface area contributed by atoms with Crippen molar-refractivity contribution in [2.75, 3.05) is 60.5 Å². The van der Waals surface area contributed by atoms with Gasteiger partial charge in [0.2, 0.25) is 35.3 Å². The summed E-state index contributed by atoms with van der Waals surface area (Å²) < 4.78 is 106. The number of nitrogens with one attached hydrogen (secondary N) is 2. The predicted molar refractivity (Wildman–Crippen MR) is 337 cm³/mol. The van der Waals surface area contributed by atoms with Crippen molar-refractivity contribution in [3.63, 3.8) is 0 Å². The first kappa shape index (κ1) is 73.3. The van der Waals surface area contributed by atoms with Crippen LogP contribution in [-0.2, 0) is 31.5 Å². The lowest BCUT2D eigenvalue weighted by Gasteiger charge is -2.35. The molecule has 5 aromatic heterocycles. The zero-order chi connectivity index (χ0) is 69.6. The maximum absolute atomic E-state index is 13.5. The van der Waals surface area contributed by atoms with Crippen LogP contribution in [0.1, 0.15) is 216 Å². The third-order valence-corrected chi connectivity index (χ3v) is 17.0. The minimum atomic E-state index is -4.79. The highest BCUT2D eigenvalue weighted by molar-refractivity contribution is 5.96. The number of carbonyl (C=O) groups excluding carboxylic acids is 5. The minimum Gasteiger partial charge on any atom is -0.465 e. The van der Waals surface area contributed by atoms with Crippen LogP contribution in [0.15, 0.2) is 86.3 Å². The van der Waals surface area contributed by atoms with Crippen LogP contribution < -0.4 is 10.6 Å². The van der Waals surface area contributed by atoms with Gasteiger partial charge in [0.1, 0.15) is 17.6 Å². The molecule has 0 aliphatic carbocycles. The lowest BCUT2D eigenvalue weighted by molar-refractivity contribution is -0.150. The number of hydrogen-bond acceptors (Lipinski definition) is 20. The molecule has 0 spiro atoms. The van der Waals surface area contributed by atoms with Crippen LogP contribution in [0.2, 0.25) is 0 Å². The van der Waals surface area contributed by atoms with Crippen molar-refractivity contribution in [3.05, 3.63) is 131 Å². The van der Waals surface area contributed by atoms with Gasteiger partial charge in [-0.05, 0) is 104 Å². The SMILES string of the molecule is CC(C)c1nnc([C@H]2CC[C@@H](C(=O)CCCNC(=O)c3cn(-c4ccccc4)nc3C(F)(F)F)N(C)C2)o1.CC(C)c1nnc([C@H]2CC[C@H](C(=O)CCCNC(=O)c3cn(-c4ccccc4)nc3C(F)(F)F)N(C)C2)o1.CCOC(=O)[C@H]1CC[C@H](c2nnc(C(C)C)o2)CN1C. The maximum Gasteiger partial charge on any atom is 0.435 e.